The van der Waals surface area contributed by atoms with Crippen LogP contribution < -0.4 is 5.32 Å². The number of anilines is 1. The number of alkyl halides is 3. The molecule has 0 saturated heterocycles. The number of nitrogens with zero attached hydrogens (tertiary/aromatic N) is 7. The number of pyridine rings is 1. The van der Waals surface area contributed by atoms with Crippen LogP contribution >= 0.6 is 0 Å². The molecule has 1 N–H and O–H groups in total. The third-order valence-electron chi connectivity index (χ3n) is 4.54. The zero-order chi connectivity index (χ0) is 23.8. The molecule has 0 aliphatic rings. The number of carbonyl (C=O) groups is 1. The van der Waals surface area contributed by atoms with Crippen molar-refractivity contribution in [2.24, 2.45) is 0 Å². The van der Waals surface area contributed by atoms with E-state index in [9.17, 15) is 27.6 Å². The van der Waals surface area contributed by atoms with E-state index in [2.05, 4.69) is 25.6 Å². The average Bonchev–Trinajstić information content (AvgIpc) is 3.43. The van der Waals surface area contributed by atoms with Gasteiger partial charge in [0.25, 0.3) is 5.91 Å². The van der Waals surface area contributed by atoms with Crippen LogP contribution in [0.4, 0.5) is 23.2 Å². The van der Waals surface area contributed by atoms with Gasteiger partial charge < -0.3 is 5.32 Å². The molecule has 0 bridgehead atoms. The first-order chi connectivity index (χ1) is 15.7. The molecule has 4 rings (SSSR count). The van der Waals surface area contributed by atoms with Crippen LogP contribution in [0.15, 0.2) is 49.1 Å². The Labute approximate surface area is 182 Å². The second-order valence-electron chi connectivity index (χ2n) is 6.70. The van der Waals surface area contributed by atoms with Gasteiger partial charge in [-0.05, 0) is 24.6 Å². The molecule has 0 atom stereocenters. The Morgan fingerprint density at radius 3 is 2.52 bits per heavy atom. The fourth-order valence-corrected chi connectivity index (χ4v) is 3.14. The number of carbonyl (C=O) groups excluding carboxylic acids is 1. The Hall–Kier alpha value is -4.60. The summed E-state index contributed by atoms with van der Waals surface area (Å²) < 4.78 is 56.3. The lowest BCUT2D eigenvalue weighted by Crippen LogP contribution is -2.21. The van der Waals surface area contributed by atoms with E-state index in [1.54, 1.807) is 0 Å². The Bertz CT molecular complexity index is 1370. The molecule has 0 unspecified atom stereocenters. The number of para-hydroxylation sites is 1. The van der Waals surface area contributed by atoms with Gasteiger partial charge in [0.1, 0.15) is 23.1 Å². The number of aryl methyl sites for hydroxylation is 1. The molecule has 13 heteroatoms. The van der Waals surface area contributed by atoms with Crippen molar-refractivity contribution in [1.82, 2.24) is 29.8 Å². The average molecular weight is 456 g/mol. The maximum atomic E-state index is 14.3. The highest BCUT2D eigenvalue weighted by Crippen LogP contribution is 2.35. The number of rotatable bonds is 4. The summed E-state index contributed by atoms with van der Waals surface area (Å²) in [6.07, 6.45) is -0.456. The normalized spacial score (nSPS) is 11.3. The second kappa shape index (κ2) is 8.15. The Morgan fingerprint density at radius 2 is 1.88 bits per heavy atom. The molecule has 9 nitrogen and oxygen atoms in total. The quantitative estimate of drug-likeness (QED) is 0.471. The minimum Gasteiger partial charge on any atom is -0.320 e. The molecule has 1 amide bonds. The Morgan fingerprint density at radius 1 is 1.15 bits per heavy atom. The maximum absolute atomic E-state index is 14.3. The summed E-state index contributed by atoms with van der Waals surface area (Å²) in [5.41, 5.74) is -2.58. The molecule has 0 aliphatic carbocycles. The smallest absolute Gasteiger partial charge is 0.320 e. The van der Waals surface area contributed by atoms with Crippen molar-refractivity contribution in [3.05, 3.63) is 77.3 Å². The van der Waals surface area contributed by atoms with Crippen molar-refractivity contribution in [2.75, 3.05) is 5.32 Å². The predicted molar refractivity (Wildman–Crippen MR) is 105 cm³/mol. The lowest BCUT2D eigenvalue weighted by Gasteiger charge is -2.15. The molecule has 166 valence electrons. The SMILES string of the molecule is Cc1cccc(F)c1-n1ncc(C(=O)Nc2cnc(-n3nccn3)c(C#N)c2)c1C(F)(F)F. The predicted octanol–water partition coefficient (Wildman–Crippen LogP) is 3.44. The van der Waals surface area contributed by atoms with E-state index in [0.717, 1.165) is 17.1 Å². The van der Waals surface area contributed by atoms with E-state index in [1.807, 2.05) is 6.07 Å². The monoisotopic (exact) mass is 456 g/mol. The van der Waals surface area contributed by atoms with E-state index < -0.39 is 34.8 Å². The van der Waals surface area contributed by atoms with Gasteiger partial charge in [-0.3, -0.25) is 4.79 Å². The van der Waals surface area contributed by atoms with Crippen molar-refractivity contribution in [1.29, 1.82) is 5.26 Å². The number of aromatic nitrogens is 6. The van der Waals surface area contributed by atoms with Crippen molar-refractivity contribution < 1.29 is 22.4 Å². The standard InChI is InChI=1S/C20H12F4N8O/c1-11-3-2-4-15(21)16(11)31-17(20(22,23)24)14(10-29-31)19(33)30-13-7-12(8-25)18(26-9-13)32-27-5-6-28-32/h2-7,9-10H,1H3,(H,30,33). The summed E-state index contributed by atoms with van der Waals surface area (Å²) in [6, 6.07) is 6.83. The van der Waals surface area contributed by atoms with Crippen LogP contribution in [0, 0.1) is 24.1 Å². The van der Waals surface area contributed by atoms with Crippen LogP contribution in [0.3, 0.4) is 0 Å². The summed E-state index contributed by atoms with van der Waals surface area (Å²) >= 11 is 0. The van der Waals surface area contributed by atoms with E-state index in [4.69, 9.17) is 0 Å². The van der Waals surface area contributed by atoms with Gasteiger partial charge in [-0.1, -0.05) is 12.1 Å². The number of benzene rings is 1. The number of nitriles is 1. The summed E-state index contributed by atoms with van der Waals surface area (Å²) in [5.74, 6) is -2.03. The largest absolute Gasteiger partial charge is 0.434 e. The molecule has 0 aliphatic heterocycles. The minimum atomic E-state index is -5.02. The van der Waals surface area contributed by atoms with E-state index >= 15 is 0 Å². The third-order valence-corrected chi connectivity index (χ3v) is 4.54. The molecule has 4 aromatic rings. The van der Waals surface area contributed by atoms with Gasteiger partial charge >= 0.3 is 6.18 Å². The van der Waals surface area contributed by atoms with Gasteiger partial charge in [-0.2, -0.15) is 33.7 Å². The Balaban J connectivity index is 1.73. The number of hydrogen-bond acceptors (Lipinski definition) is 6. The number of amides is 1. The molecule has 0 spiro atoms. The van der Waals surface area contributed by atoms with Gasteiger partial charge in [-0.25, -0.2) is 14.1 Å². The van der Waals surface area contributed by atoms with Crippen LogP contribution in [-0.4, -0.2) is 35.7 Å². The van der Waals surface area contributed by atoms with Gasteiger partial charge in [0.2, 0.25) is 0 Å². The van der Waals surface area contributed by atoms with E-state index in [0.29, 0.717) is 10.9 Å². The maximum Gasteiger partial charge on any atom is 0.434 e. The molecular weight excluding hydrogens is 444 g/mol. The molecule has 0 saturated carbocycles. The highest BCUT2D eigenvalue weighted by atomic mass is 19.4. The van der Waals surface area contributed by atoms with Crippen molar-refractivity contribution >= 4 is 11.6 Å². The van der Waals surface area contributed by atoms with Gasteiger partial charge in [0, 0.05) is 0 Å². The lowest BCUT2D eigenvalue weighted by atomic mass is 10.1. The van der Waals surface area contributed by atoms with Gasteiger partial charge in [0.05, 0.1) is 36.0 Å². The first-order valence-corrected chi connectivity index (χ1v) is 9.19. The molecule has 0 fully saturated rings. The van der Waals surface area contributed by atoms with Crippen LogP contribution in [0.25, 0.3) is 11.5 Å². The molecule has 0 radical (unpaired) electrons. The number of halogens is 4. The first-order valence-electron chi connectivity index (χ1n) is 9.19. The Kier molecular flexibility index (Phi) is 5.34. The third kappa shape index (κ3) is 4.01. The summed E-state index contributed by atoms with van der Waals surface area (Å²) in [5, 5.41) is 23.0. The second-order valence-corrected chi connectivity index (χ2v) is 6.70. The van der Waals surface area contributed by atoms with Crippen molar-refractivity contribution in [3.63, 3.8) is 0 Å². The van der Waals surface area contributed by atoms with Gasteiger partial charge in [0.15, 0.2) is 11.5 Å². The van der Waals surface area contributed by atoms with E-state index in [-0.39, 0.29) is 22.6 Å². The van der Waals surface area contributed by atoms with Crippen LogP contribution in [0.5, 0.6) is 0 Å². The topological polar surface area (TPSA) is 114 Å². The van der Waals surface area contributed by atoms with Crippen LogP contribution in [0.2, 0.25) is 0 Å². The minimum absolute atomic E-state index is 0.0299. The van der Waals surface area contributed by atoms with Crippen LogP contribution in [0.1, 0.15) is 27.2 Å². The lowest BCUT2D eigenvalue weighted by molar-refractivity contribution is -0.143. The zero-order valence-corrected chi connectivity index (χ0v) is 16.7. The molecule has 3 heterocycles. The fraction of sp³-hybridized carbons (Fsp3) is 0.100. The highest BCUT2D eigenvalue weighted by molar-refractivity contribution is 6.05. The first kappa shape index (κ1) is 21.6. The highest BCUT2D eigenvalue weighted by Gasteiger charge is 2.41. The summed E-state index contributed by atoms with van der Waals surface area (Å²) in [7, 11) is 0. The van der Waals surface area contributed by atoms with Crippen molar-refractivity contribution in [2.45, 2.75) is 13.1 Å². The van der Waals surface area contributed by atoms with Gasteiger partial charge in [-0.15, -0.1) is 4.80 Å². The zero-order valence-electron chi connectivity index (χ0n) is 16.7. The summed E-state index contributed by atoms with van der Waals surface area (Å²) in [4.78, 5) is 17.8. The van der Waals surface area contributed by atoms with Crippen molar-refractivity contribution in [3.8, 4) is 17.6 Å². The fourth-order valence-electron chi connectivity index (χ4n) is 3.14. The molecule has 33 heavy (non-hydrogen) atoms. The number of nitrogens with one attached hydrogen (secondary N) is 1. The number of hydrogen-bond donors (Lipinski definition) is 1. The molecule has 3 aromatic heterocycles. The molecular formula is C20H12F4N8O. The summed E-state index contributed by atoms with van der Waals surface area (Å²) in [6.45, 7) is 1.42. The van der Waals surface area contributed by atoms with Crippen LogP contribution in [-0.2, 0) is 6.18 Å². The molecule has 1 aromatic carbocycles. The van der Waals surface area contributed by atoms with E-state index in [1.165, 1.54) is 37.5 Å².